The standard InChI is InChI=1S/C21H24N6O/c28-21(20-25-23-18-9-5-2-6-12-27(18)20)26-13-10-16-17(11-14-26)22-24-19(16)15-7-3-1-4-8-15/h1,3-4,7-8H,2,5-6,9-14H2,(H,22,24). The summed E-state index contributed by atoms with van der Waals surface area (Å²) in [5.74, 6) is 1.46. The van der Waals surface area contributed by atoms with E-state index >= 15 is 0 Å². The molecule has 0 atom stereocenters. The highest BCUT2D eigenvalue weighted by atomic mass is 16.2. The number of aryl methyl sites for hydroxylation is 1. The summed E-state index contributed by atoms with van der Waals surface area (Å²) in [6, 6.07) is 10.2. The average molecular weight is 376 g/mol. The molecule has 1 N–H and O–H groups in total. The Hall–Kier alpha value is -2.96. The van der Waals surface area contributed by atoms with Crippen molar-refractivity contribution in [2.24, 2.45) is 0 Å². The summed E-state index contributed by atoms with van der Waals surface area (Å²) in [5, 5.41) is 16.3. The predicted molar refractivity (Wildman–Crippen MR) is 105 cm³/mol. The van der Waals surface area contributed by atoms with Crippen LogP contribution in [0.4, 0.5) is 0 Å². The molecule has 2 aromatic heterocycles. The topological polar surface area (TPSA) is 79.7 Å². The number of hydrogen-bond donors (Lipinski definition) is 1. The van der Waals surface area contributed by atoms with Gasteiger partial charge in [-0.1, -0.05) is 36.8 Å². The molecule has 1 amide bonds. The van der Waals surface area contributed by atoms with Crippen molar-refractivity contribution in [3.63, 3.8) is 0 Å². The normalized spacial score (nSPS) is 16.8. The van der Waals surface area contributed by atoms with E-state index in [0.29, 0.717) is 18.9 Å². The van der Waals surface area contributed by atoms with Crippen LogP contribution in [0.25, 0.3) is 11.3 Å². The maximum absolute atomic E-state index is 13.2. The first kappa shape index (κ1) is 17.2. The number of hydrogen-bond acceptors (Lipinski definition) is 4. The third-order valence-electron chi connectivity index (χ3n) is 5.85. The van der Waals surface area contributed by atoms with Crippen molar-refractivity contribution < 1.29 is 4.79 Å². The zero-order valence-electron chi connectivity index (χ0n) is 15.9. The van der Waals surface area contributed by atoms with Crippen molar-refractivity contribution in [1.82, 2.24) is 29.9 Å². The average Bonchev–Trinajstić information content (AvgIpc) is 3.16. The van der Waals surface area contributed by atoms with Crippen LogP contribution in [0.2, 0.25) is 0 Å². The molecule has 0 saturated heterocycles. The zero-order chi connectivity index (χ0) is 18.9. The lowest BCUT2D eigenvalue weighted by Crippen LogP contribution is -2.35. The Kier molecular flexibility index (Phi) is 4.43. The molecular formula is C21H24N6O. The van der Waals surface area contributed by atoms with E-state index in [1.807, 2.05) is 27.7 Å². The molecule has 0 aliphatic carbocycles. The summed E-state index contributed by atoms with van der Waals surface area (Å²) < 4.78 is 2.04. The Balaban J connectivity index is 1.37. The largest absolute Gasteiger partial charge is 0.335 e. The van der Waals surface area contributed by atoms with E-state index in [2.05, 4.69) is 32.5 Å². The molecule has 4 heterocycles. The molecule has 0 unspecified atom stereocenters. The maximum atomic E-state index is 13.2. The molecule has 0 radical (unpaired) electrons. The van der Waals surface area contributed by atoms with Crippen LogP contribution in [0.3, 0.4) is 0 Å². The zero-order valence-corrected chi connectivity index (χ0v) is 15.9. The fraction of sp³-hybridized carbons (Fsp3) is 0.429. The monoisotopic (exact) mass is 376 g/mol. The van der Waals surface area contributed by atoms with E-state index in [0.717, 1.165) is 61.4 Å². The summed E-state index contributed by atoms with van der Waals surface area (Å²) >= 11 is 0. The number of nitrogens with zero attached hydrogens (tertiary/aromatic N) is 5. The molecule has 0 saturated carbocycles. The third kappa shape index (κ3) is 3.00. The van der Waals surface area contributed by atoms with E-state index in [1.54, 1.807) is 0 Å². The Bertz CT molecular complexity index is 990. The molecule has 28 heavy (non-hydrogen) atoms. The van der Waals surface area contributed by atoms with Crippen molar-refractivity contribution in [3.05, 3.63) is 53.2 Å². The van der Waals surface area contributed by atoms with Gasteiger partial charge in [-0.2, -0.15) is 5.10 Å². The Labute approximate surface area is 163 Å². The van der Waals surface area contributed by atoms with Gasteiger partial charge in [-0.25, -0.2) is 0 Å². The van der Waals surface area contributed by atoms with E-state index in [1.165, 1.54) is 12.0 Å². The van der Waals surface area contributed by atoms with Gasteiger partial charge >= 0.3 is 0 Å². The van der Waals surface area contributed by atoms with Gasteiger partial charge in [0.1, 0.15) is 5.82 Å². The van der Waals surface area contributed by atoms with E-state index in [9.17, 15) is 4.79 Å². The van der Waals surface area contributed by atoms with Gasteiger partial charge < -0.3 is 9.47 Å². The molecule has 2 aliphatic rings. The summed E-state index contributed by atoms with van der Waals surface area (Å²) in [7, 11) is 0. The number of amides is 1. The number of fused-ring (bicyclic) bond motifs is 2. The highest BCUT2D eigenvalue weighted by Crippen LogP contribution is 2.27. The number of nitrogens with one attached hydrogen (secondary N) is 1. The summed E-state index contributed by atoms with van der Waals surface area (Å²) in [5.41, 5.74) is 4.47. The number of aromatic amines is 1. The molecule has 7 heteroatoms. The number of H-pyrrole nitrogens is 1. The summed E-state index contributed by atoms with van der Waals surface area (Å²) in [6.07, 6.45) is 5.88. The summed E-state index contributed by atoms with van der Waals surface area (Å²) in [4.78, 5) is 15.1. The molecule has 7 nitrogen and oxygen atoms in total. The molecule has 5 rings (SSSR count). The molecule has 144 valence electrons. The first-order valence-electron chi connectivity index (χ1n) is 10.1. The summed E-state index contributed by atoms with van der Waals surface area (Å²) in [6.45, 7) is 2.19. The molecule has 1 aromatic carbocycles. The Morgan fingerprint density at radius 3 is 2.68 bits per heavy atom. The molecular weight excluding hydrogens is 352 g/mol. The molecule has 0 bridgehead atoms. The first-order valence-corrected chi connectivity index (χ1v) is 10.1. The van der Waals surface area contributed by atoms with Crippen molar-refractivity contribution >= 4 is 5.91 Å². The Morgan fingerprint density at radius 2 is 1.79 bits per heavy atom. The quantitative estimate of drug-likeness (QED) is 0.746. The smallest absolute Gasteiger partial charge is 0.291 e. The highest BCUT2D eigenvalue weighted by Gasteiger charge is 2.28. The van der Waals surface area contributed by atoms with E-state index in [-0.39, 0.29) is 5.91 Å². The van der Waals surface area contributed by atoms with Gasteiger partial charge in [0.05, 0.1) is 5.69 Å². The van der Waals surface area contributed by atoms with Gasteiger partial charge in [-0.05, 0) is 19.3 Å². The molecule has 0 fully saturated rings. The number of rotatable bonds is 2. The van der Waals surface area contributed by atoms with Crippen LogP contribution in [-0.4, -0.2) is 48.9 Å². The van der Waals surface area contributed by atoms with Crippen LogP contribution in [-0.2, 0) is 25.8 Å². The first-order chi connectivity index (χ1) is 13.8. The molecule has 2 aliphatic heterocycles. The van der Waals surface area contributed by atoms with Crippen LogP contribution < -0.4 is 0 Å². The van der Waals surface area contributed by atoms with Gasteiger partial charge in [0, 0.05) is 49.3 Å². The molecule has 0 spiro atoms. The predicted octanol–water partition coefficient (Wildman–Crippen LogP) is 2.64. The van der Waals surface area contributed by atoms with E-state index < -0.39 is 0 Å². The number of carbonyl (C=O) groups excluding carboxylic acids is 1. The van der Waals surface area contributed by atoms with Crippen molar-refractivity contribution in [2.45, 2.75) is 45.1 Å². The van der Waals surface area contributed by atoms with Crippen LogP contribution >= 0.6 is 0 Å². The van der Waals surface area contributed by atoms with Crippen LogP contribution in [0.5, 0.6) is 0 Å². The minimum absolute atomic E-state index is 0.0000216. The number of carbonyl (C=O) groups is 1. The van der Waals surface area contributed by atoms with Crippen molar-refractivity contribution in [1.29, 1.82) is 0 Å². The Morgan fingerprint density at radius 1 is 0.929 bits per heavy atom. The fourth-order valence-electron chi connectivity index (χ4n) is 4.31. The highest BCUT2D eigenvalue weighted by molar-refractivity contribution is 5.91. The van der Waals surface area contributed by atoms with Gasteiger partial charge in [-0.15, -0.1) is 10.2 Å². The van der Waals surface area contributed by atoms with Crippen LogP contribution in [0.15, 0.2) is 30.3 Å². The lowest BCUT2D eigenvalue weighted by molar-refractivity contribution is 0.0744. The van der Waals surface area contributed by atoms with Crippen molar-refractivity contribution in [3.8, 4) is 11.3 Å². The van der Waals surface area contributed by atoms with Crippen LogP contribution in [0.1, 0.15) is 47.0 Å². The van der Waals surface area contributed by atoms with Gasteiger partial charge in [0.15, 0.2) is 0 Å². The maximum Gasteiger partial charge on any atom is 0.291 e. The number of benzene rings is 1. The lowest BCUT2D eigenvalue weighted by atomic mass is 10.0. The van der Waals surface area contributed by atoms with Gasteiger partial charge in [0.2, 0.25) is 5.82 Å². The van der Waals surface area contributed by atoms with Gasteiger partial charge in [-0.3, -0.25) is 9.89 Å². The second kappa shape index (κ2) is 7.22. The minimum Gasteiger partial charge on any atom is -0.335 e. The second-order valence-electron chi connectivity index (χ2n) is 7.59. The third-order valence-corrected chi connectivity index (χ3v) is 5.85. The lowest BCUT2D eigenvalue weighted by Gasteiger charge is -2.20. The number of aromatic nitrogens is 5. The fourth-order valence-corrected chi connectivity index (χ4v) is 4.31. The van der Waals surface area contributed by atoms with Crippen molar-refractivity contribution in [2.75, 3.05) is 13.1 Å². The minimum atomic E-state index is 0.0000216. The molecule has 3 aromatic rings. The van der Waals surface area contributed by atoms with Gasteiger partial charge in [0.25, 0.3) is 5.91 Å². The van der Waals surface area contributed by atoms with Crippen LogP contribution in [0, 0.1) is 0 Å². The van der Waals surface area contributed by atoms with E-state index in [4.69, 9.17) is 0 Å². The SMILES string of the molecule is O=C(c1nnc2n1CCCCC2)N1CCc2[nH]nc(-c3ccccc3)c2CC1. The second-order valence-corrected chi connectivity index (χ2v) is 7.59.